The van der Waals surface area contributed by atoms with Gasteiger partial charge in [-0.05, 0) is 30.5 Å². The average Bonchev–Trinajstić information content (AvgIpc) is 2.85. The van der Waals surface area contributed by atoms with E-state index in [1.54, 1.807) is 0 Å². The van der Waals surface area contributed by atoms with E-state index in [0.29, 0.717) is 0 Å². The summed E-state index contributed by atoms with van der Waals surface area (Å²) in [6, 6.07) is 6.03. The van der Waals surface area contributed by atoms with Gasteiger partial charge in [-0.15, -0.1) is 0 Å². The quantitative estimate of drug-likeness (QED) is 0.841. The Balaban J connectivity index is 1.99. The molecule has 5 heteroatoms. The molecule has 1 aromatic carbocycles. The van der Waals surface area contributed by atoms with E-state index in [1.165, 1.54) is 31.0 Å². The summed E-state index contributed by atoms with van der Waals surface area (Å²) in [5.74, 6) is -0.409. The lowest BCUT2D eigenvalue weighted by Crippen LogP contribution is -2.31. The number of rotatable bonds is 6. The first-order valence-corrected chi connectivity index (χ1v) is 7.52. The average molecular weight is 289 g/mol. The second-order valence-electron chi connectivity index (χ2n) is 5.39. The fourth-order valence-electron chi connectivity index (χ4n) is 2.51. The van der Waals surface area contributed by atoms with Gasteiger partial charge in [-0.2, -0.15) is 0 Å². The van der Waals surface area contributed by atoms with Crippen molar-refractivity contribution >= 4 is 23.2 Å². The maximum Gasteiger partial charge on any atom is 0.243 e. The number of unbranched alkanes of at least 4 members (excludes halogenated alkanes) is 1. The van der Waals surface area contributed by atoms with Crippen molar-refractivity contribution in [2.75, 3.05) is 29.9 Å². The van der Waals surface area contributed by atoms with Crippen LogP contribution in [0.1, 0.15) is 32.3 Å². The van der Waals surface area contributed by atoms with Gasteiger partial charge in [-0.1, -0.05) is 19.4 Å². The van der Waals surface area contributed by atoms with Crippen molar-refractivity contribution in [3.05, 3.63) is 23.8 Å². The molecule has 0 saturated heterocycles. The van der Waals surface area contributed by atoms with Crippen LogP contribution in [0.15, 0.2) is 18.2 Å². The summed E-state index contributed by atoms with van der Waals surface area (Å²) in [5.41, 5.74) is 3.35. The summed E-state index contributed by atoms with van der Waals surface area (Å²) < 4.78 is 0. The number of amides is 2. The Kier molecular flexibility index (Phi) is 5.20. The van der Waals surface area contributed by atoms with Crippen LogP contribution in [0.3, 0.4) is 0 Å². The molecule has 0 spiro atoms. The van der Waals surface area contributed by atoms with Crippen LogP contribution in [-0.4, -0.2) is 31.4 Å². The Labute approximate surface area is 125 Å². The third kappa shape index (κ3) is 4.21. The molecule has 1 aliphatic heterocycles. The molecule has 0 aromatic heterocycles. The summed E-state index contributed by atoms with van der Waals surface area (Å²) in [7, 11) is 0. The Morgan fingerprint density at radius 2 is 2.14 bits per heavy atom. The summed E-state index contributed by atoms with van der Waals surface area (Å²) in [4.78, 5) is 24.9. The van der Waals surface area contributed by atoms with Crippen LogP contribution in [0, 0.1) is 0 Å². The van der Waals surface area contributed by atoms with E-state index in [1.807, 2.05) is 12.1 Å². The molecule has 2 amide bonds. The Morgan fingerprint density at radius 1 is 1.33 bits per heavy atom. The second-order valence-corrected chi connectivity index (χ2v) is 5.39. The van der Waals surface area contributed by atoms with E-state index >= 15 is 0 Å². The molecule has 0 unspecified atom stereocenters. The summed E-state index contributed by atoms with van der Waals surface area (Å²) in [6.45, 7) is 5.71. The third-order valence-corrected chi connectivity index (χ3v) is 3.64. The summed E-state index contributed by atoms with van der Waals surface area (Å²) >= 11 is 0. The van der Waals surface area contributed by atoms with Crippen molar-refractivity contribution in [1.29, 1.82) is 0 Å². The maximum atomic E-state index is 11.7. The topological polar surface area (TPSA) is 61.4 Å². The van der Waals surface area contributed by atoms with Crippen LogP contribution in [0.25, 0.3) is 0 Å². The third-order valence-electron chi connectivity index (χ3n) is 3.64. The number of hydrogen-bond acceptors (Lipinski definition) is 3. The number of fused-ring (bicyclic) bond motifs is 1. The van der Waals surface area contributed by atoms with Gasteiger partial charge in [0.1, 0.15) is 0 Å². The molecule has 0 aliphatic carbocycles. The van der Waals surface area contributed by atoms with E-state index in [0.717, 1.165) is 25.2 Å². The second kappa shape index (κ2) is 7.11. The van der Waals surface area contributed by atoms with Gasteiger partial charge in [0.2, 0.25) is 11.8 Å². The monoisotopic (exact) mass is 289 g/mol. The van der Waals surface area contributed by atoms with Gasteiger partial charge in [0.25, 0.3) is 0 Å². The van der Waals surface area contributed by atoms with Crippen molar-refractivity contribution in [2.24, 2.45) is 0 Å². The number of nitrogens with zero attached hydrogens (tertiary/aromatic N) is 1. The number of carbonyl (C=O) groups excluding carboxylic acids is 2. The van der Waals surface area contributed by atoms with E-state index in [9.17, 15) is 9.59 Å². The first kappa shape index (κ1) is 15.4. The number of benzene rings is 1. The maximum absolute atomic E-state index is 11.7. The smallest absolute Gasteiger partial charge is 0.243 e. The highest BCUT2D eigenvalue weighted by molar-refractivity contribution is 5.94. The summed E-state index contributed by atoms with van der Waals surface area (Å²) in [6.07, 6.45) is 3.43. The molecule has 114 valence electrons. The van der Waals surface area contributed by atoms with Crippen LogP contribution in [0.2, 0.25) is 0 Å². The molecule has 1 aromatic rings. The minimum absolute atomic E-state index is 0.00592. The Morgan fingerprint density at radius 3 is 2.86 bits per heavy atom. The normalized spacial score (nSPS) is 13.0. The minimum Gasteiger partial charge on any atom is -0.371 e. The SMILES string of the molecule is CCCCN1CCc2ccc(NC(=O)CNC(C)=O)cc21. The zero-order chi connectivity index (χ0) is 15.2. The van der Waals surface area contributed by atoms with Crippen molar-refractivity contribution in [1.82, 2.24) is 5.32 Å². The molecule has 0 fully saturated rings. The standard InChI is InChI=1S/C16H23N3O2/c1-3-4-8-19-9-7-13-5-6-14(10-15(13)19)18-16(21)11-17-12(2)20/h5-6,10H,3-4,7-9,11H2,1-2H3,(H,17,20)(H,18,21). The largest absolute Gasteiger partial charge is 0.371 e. The van der Waals surface area contributed by atoms with Crippen molar-refractivity contribution in [3.8, 4) is 0 Å². The minimum atomic E-state index is -0.205. The van der Waals surface area contributed by atoms with Gasteiger partial charge in [-0.3, -0.25) is 9.59 Å². The lowest BCUT2D eigenvalue weighted by atomic mass is 10.1. The first-order valence-electron chi connectivity index (χ1n) is 7.52. The lowest BCUT2D eigenvalue weighted by Gasteiger charge is -2.19. The summed E-state index contributed by atoms with van der Waals surface area (Å²) in [5, 5.41) is 5.32. The molecule has 2 rings (SSSR count). The van der Waals surface area contributed by atoms with Gasteiger partial charge >= 0.3 is 0 Å². The van der Waals surface area contributed by atoms with E-state index in [-0.39, 0.29) is 18.4 Å². The van der Waals surface area contributed by atoms with Crippen molar-refractivity contribution in [3.63, 3.8) is 0 Å². The number of carbonyl (C=O) groups is 2. The predicted molar refractivity (Wildman–Crippen MR) is 84.6 cm³/mol. The van der Waals surface area contributed by atoms with Gasteiger partial charge < -0.3 is 15.5 Å². The van der Waals surface area contributed by atoms with Gasteiger partial charge in [0.05, 0.1) is 6.54 Å². The molecule has 0 radical (unpaired) electrons. The van der Waals surface area contributed by atoms with Crippen molar-refractivity contribution < 1.29 is 9.59 Å². The fraction of sp³-hybridized carbons (Fsp3) is 0.500. The van der Waals surface area contributed by atoms with Crippen LogP contribution in [-0.2, 0) is 16.0 Å². The molecule has 0 saturated carbocycles. The number of hydrogen-bond donors (Lipinski definition) is 2. The van der Waals surface area contributed by atoms with E-state index < -0.39 is 0 Å². The van der Waals surface area contributed by atoms with E-state index in [2.05, 4.69) is 28.5 Å². The molecule has 0 atom stereocenters. The lowest BCUT2D eigenvalue weighted by molar-refractivity contribution is -0.122. The van der Waals surface area contributed by atoms with Crippen LogP contribution < -0.4 is 15.5 Å². The van der Waals surface area contributed by atoms with Crippen LogP contribution >= 0.6 is 0 Å². The highest BCUT2D eigenvalue weighted by Gasteiger charge is 2.19. The molecule has 1 aliphatic rings. The van der Waals surface area contributed by atoms with Crippen molar-refractivity contribution in [2.45, 2.75) is 33.1 Å². The molecular weight excluding hydrogens is 266 g/mol. The fourth-order valence-corrected chi connectivity index (χ4v) is 2.51. The molecular formula is C16H23N3O2. The molecule has 2 N–H and O–H groups in total. The van der Waals surface area contributed by atoms with Gasteiger partial charge in [-0.25, -0.2) is 0 Å². The molecule has 0 bridgehead atoms. The Hall–Kier alpha value is -2.04. The highest BCUT2D eigenvalue weighted by atomic mass is 16.2. The highest BCUT2D eigenvalue weighted by Crippen LogP contribution is 2.30. The Bertz CT molecular complexity index is 528. The van der Waals surface area contributed by atoms with Gasteiger partial charge in [0.15, 0.2) is 0 Å². The molecule has 1 heterocycles. The van der Waals surface area contributed by atoms with E-state index in [4.69, 9.17) is 0 Å². The first-order chi connectivity index (χ1) is 10.1. The zero-order valence-electron chi connectivity index (χ0n) is 12.7. The predicted octanol–water partition coefficient (Wildman–Crippen LogP) is 1.92. The van der Waals surface area contributed by atoms with Crippen LogP contribution in [0.4, 0.5) is 11.4 Å². The molecule has 5 nitrogen and oxygen atoms in total. The van der Waals surface area contributed by atoms with Crippen LogP contribution in [0.5, 0.6) is 0 Å². The molecule has 21 heavy (non-hydrogen) atoms. The van der Waals surface area contributed by atoms with Gasteiger partial charge in [0, 0.05) is 31.4 Å². The number of nitrogens with one attached hydrogen (secondary N) is 2. The zero-order valence-corrected chi connectivity index (χ0v) is 12.7. The number of anilines is 2.